The molecule has 0 radical (unpaired) electrons. The standard InChI is InChI=1S/C18H23BF4O4/c1-6-25-15(24)10-14(19-26-16(2,3)17(4,5)27-19)12-9-11(20)7-8-13(12)18(21,22)23/h7-9,14H,6,10H2,1-5H3. The molecule has 1 unspecified atom stereocenters. The van der Waals surface area contributed by atoms with Crippen LogP contribution in [0.4, 0.5) is 17.6 Å². The Bertz CT molecular complexity index is 687. The summed E-state index contributed by atoms with van der Waals surface area (Å²) < 4.78 is 70.9. The molecule has 1 heterocycles. The van der Waals surface area contributed by atoms with E-state index >= 15 is 0 Å². The first-order chi connectivity index (χ1) is 12.3. The van der Waals surface area contributed by atoms with Crippen LogP contribution < -0.4 is 0 Å². The molecule has 2 rings (SSSR count). The molecule has 1 atom stereocenters. The van der Waals surface area contributed by atoms with Crippen molar-refractivity contribution < 1.29 is 36.4 Å². The summed E-state index contributed by atoms with van der Waals surface area (Å²) in [6.45, 7) is 8.62. The average molecular weight is 390 g/mol. The van der Waals surface area contributed by atoms with Crippen LogP contribution in [0.2, 0.25) is 0 Å². The van der Waals surface area contributed by atoms with Crippen molar-refractivity contribution >= 4 is 13.1 Å². The van der Waals surface area contributed by atoms with Gasteiger partial charge in [-0.1, -0.05) is 0 Å². The van der Waals surface area contributed by atoms with Gasteiger partial charge in [-0.15, -0.1) is 0 Å². The summed E-state index contributed by atoms with van der Waals surface area (Å²) >= 11 is 0. The number of ether oxygens (including phenoxy) is 1. The highest BCUT2D eigenvalue weighted by atomic mass is 19.4. The molecule has 150 valence electrons. The van der Waals surface area contributed by atoms with E-state index < -0.39 is 59.6 Å². The highest BCUT2D eigenvalue weighted by molar-refractivity contribution is 6.48. The van der Waals surface area contributed by atoms with Crippen LogP contribution in [0.1, 0.15) is 58.0 Å². The minimum absolute atomic E-state index is 0.0736. The molecular formula is C18H23BF4O4. The molecule has 1 aromatic rings. The number of benzene rings is 1. The molecule has 27 heavy (non-hydrogen) atoms. The fourth-order valence-corrected chi connectivity index (χ4v) is 2.90. The van der Waals surface area contributed by atoms with E-state index in [4.69, 9.17) is 14.0 Å². The number of hydrogen-bond donors (Lipinski definition) is 0. The highest BCUT2D eigenvalue weighted by Crippen LogP contribution is 2.44. The Morgan fingerprint density at radius 1 is 1.19 bits per heavy atom. The molecule has 1 aromatic carbocycles. The van der Waals surface area contributed by atoms with Crippen molar-refractivity contribution in [2.45, 2.75) is 64.2 Å². The van der Waals surface area contributed by atoms with Crippen molar-refractivity contribution in [2.75, 3.05) is 6.61 Å². The number of carbonyl (C=O) groups excluding carboxylic acids is 1. The molecule has 9 heteroatoms. The lowest BCUT2D eigenvalue weighted by atomic mass is 9.65. The first-order valence-corrected chi connectivity index (χ1v) is 8.66. The molecule has 0 aromatic heterocycles. The van der Waals surface area contributed by atoms with Crippen LogP contribution >= 0.6 is 0 Å². The Morgan fingerprint density at radius 3 is 2.22 bits per heavy atom. The predicted molar refractivity (Wildman–Crippen MR) is 91.5 cm³/mol. The second kappa shape index (κ2) is 7.43. The summed E-state index contributed by atoms with van der Waals surface area (Å²) in [5.74, 6) is -2.74. The van der Waals surface area contributed by atoms with Crippen molar-refractivity contribution in [3.05, 3.63) is 35.1 Å². The quantitative estimate of drug-likeness (QED) is 0.422. The first-order valence-electron chi connectivity index (χ1n) is 8.66. The molecular weight excluding hydrogens is 367 g/mol. The molecule has 4 nitrogen and oxygen atoms in total. The van der Waals surface area contributed by atoms with E-state index in [2.05, 4.69) is 0 Å². The van der Waals surface area contributed by atoms with Crippen LogP contribution in [-0.4, -0.2) is 30.9 Å². The van der Waals surface area contributed by atoms with E-state index in [1.165, 1.54) is 0 Å². The lowest BCUT2D eigenvalue weighted by molar-refractivity contribution is -0.144. The van der Waals surface area contributed by atoms with Gasteiger partial charge in [0.25, 0.3) is 0 Å². The third-order valence-corrected chi connectivity index (χ3v) is 5.01. The maximum atomic E-state index is 13.8. The van der Waals surface area contributed by atoms with E-state index in [9.17, 15) is 22.4 Å². The second-order valence-electron chi connectivity index (χ2n) is 7.47. The summed E-state index contributed by atoms with van der Waals surface area (Å²) in [4.78, 5) is 12.0. The first kappa shape index (κ1) is 21.7. The summed E-state index contributed by atoms with van der Waals surface area (Å²) in [6.07, 6.45) is -5.16. The maximum absolute atomic E-state index is 13.8. The zero-order valence-electron chi connectivity index (χ0n) is 15.9. The molecule has 0 spiro atoms. The highest BCUT2D eigenvalue weighted by Gasteiger charge is 2.55. The summed E-state index contributed by atoms with van der Waals surface area (Å²) in [7, 11) is -1.16. The lowest BCUT2D eigenvalue weighted by Gasteiger charge is -2.32. The van der Waals surface area contributed by atoms with Gasteiger partial charge < -0.3 is 14.0 Å². The fraction of sp³-hybridized carbons (Fsp3) is 0.611. The van der Waals surface area contributed by atoms with Crippen molar-refractivity contribution in [3.63, 3.8) is 0 Å². The molecule has 0 saturated carbocycles. The van der Waals surface area contributed by atoms with E-state index in [-0.39, 0.29) is 6.61 Å². The lowest BCUT2D eigenvalue weighted by Crippen LogP contribution is -2.41. The molecule has 0 bridgehead atoms. The maximum Gasteiger partial charge on any atom is 0.466 e. The molecule has 1 fully saturated rings. The average Bonchev–Trinajstić information content (AvgIpc) is 2.71. The third kappa shape index (κ3) is 4.63. The Hall–Kier alpha value is -1.61. The van der Waals surface area contributed by atoms with E-state index in [0.29, 0.717) is 6.07 Å². The fourth-order valence-electron chi connectivity index (χ4n) is 2.90. The van der Waals surface area contributed by atoms with Gasteiger partial charge in [-0.05, 0) is 58.4 Å². The SMILES string of the molecule is CCOC(=O)CC(B1OC(C)(C)C(C)(C)O1)c1cc(F)ccc1C(F)(F)F. The smallest absolute Gasteiger partial charge is 0.466 e. The molecule has 1 aliphatic heterocycles. The normalized spacial score (nSPS) is 19.8. The Kier molecular flexibility index (Phi) is 5.97. The minimum atomic E-state index is -4.72. The van der Waals surface area contributed by atoms with Gasteiger partial charge in [0, 0.05) is 5.82 Å². The van der Waals surface area contributed by atoms with Crippen LogP contribution in [0, 0.1) is 5.82 Å². The minimum Gasteiger partial charge on any atom is -0.466 e. The number of hydrogen-bond acceptors (Lipinski definition) is 4. The van der Waals surface area contributed by atoms with Crippen LogP contribution in [0.25, 0.3) is 0 Å². The molecule has 0 aliphatic carbocycles. The molecule has 1 aliphatic rings. The van der Waals surface area contributed by atoms with Crippen molar-refractivity contribution in [2.24, 2.45) is 0 Å². The van der Waals surface area contributed by atoms with Crippen molar-refractivity contribution in [3.8, 4) is 0 Å². The van der Waals surface area contributed by atoms with E-state index in [1.54, 1.807) is 34.6 Å². The van der Waals surface area contributed by atoms with Gasteiger partial charge in [0.2, 0.25) is 0 Å². The largest absolute Gasteiger partial charge is 0.466 e. The number of alkyl halides is 3. The van der Waals surface area contributed by atoms with Gasteiger partial charge in [-0.2, -0.15) is 13.2 Å². The topological polar surface area (TPSA) is 44.8 Å². The van der Waals surface area contributed by atoms with E-state index in [0.717, 1.165) is 12.1 Å². The van der Waals surface area contributed by atoms with Crippen molar-refractivity contribution in [1.29, 1.82) is 0 Å². The Morgan fingerprint density at radius 2 is 1.74 bits per heavy atom. The second-order valence-corrected chi connectivity index (χ2v) is 7.47. The van der Waals surface area contributed by atoms with Crippen LogP contribution in [0.15, 0.2) is 18.2 Å². The summed E-state index contributed by atoms with van der Waals surface area (Å²) in [5.41, 5.74) is -3.07. The van der Waals surface area contributed by atoms with Crippen molar-refractivity contribution in [1.82, 2.24) is 0 Å². The Labute approximate surface area is 156 Å². The Balaban J connectivity index is 2.52. The van der Waals surface area contributed by atoms with Gasteiger partial charge in [0.05, 0.1) is 29.8 Å². The van der Waals surface area contributed by atoms with Gasteiger partial charge >= 0.3 is 19.3 Å². The van der Waals surface area contributed by atoms with Crippen LogP contribution in [0.5, 0.6) is 0 Å². The van der Waals surface area contributed by atoms with Gasteiger partial charge in [-0.3, -0.25) is 4.79 Å². The van der Waals surface area contributed by atoms with Gasteiger partial charge in [-0.25, -0.2) is 4.39 Å². The van der Waals surface area contributed by atoms with Crippen LogP contribution in [0.3, 0.4) is 0 Å². The number of halogens is 4. The molecule has 1 saturated heterocycles. The molecule has 0 amide bonds. The third-order valence-electron chi connectivity index (χ3n) is 5.01. The summed E-state index contributed by atoms with van der Waals surface area (Å²) in [5, 5.41) is 0. The zero-order valence-corrected chi connectivity index (χ0v) is 15.9. The van der Waals surface area contributed by atoms with Crippen LogP contribution in [-0.2, 0) is 25.0 Å². The van der Waals surface area contributed by atoms with Gasteiger partial charge in [0.1, 0.15) is 5.82 Å². The summed E-state index contributed by atoms with van der Waals surface area (Å²) in [6, 6.07) is 2.17. The zero-order chi connectivity index (χ0) is 20.6. The number of esters is 1. The predicted octanol–water partition coefficient (Wildman–Crippen LogP) is 4.51. The monoisotopic (exact) mass is 390 g/mol. The number of carbonyl (C=O) groups is 1. The van der Waals surface area contributed by atoms with Gasteiger partial charge in [0.15, 0.2) is 0 Å². The van der Waals surface area contributed by atoms with E-state index in [1.807, 2.05) is 0 Å². The number of rotatable bonds is 5. The molecule has 0 N–H and O–H groups in total.